The van der Waals surface area contributed by atoms with Crippen molar-refractivity contribution < 1.29 is 4.39 Å². The third-order valence-electron chi connectivity index (χ3n) is 2.21. The fourth-order valence-corrected chi connectivity index (χ4v) is 3.58. The van der Waals surface area contributed by atoms with Gasteiger partial charge in [0.05, 0.1) is 19.1 Å². The Balaban J connectivity index is 2.47. The average molecular weight is 330 g/mol. The predicted octanol–water partition coefficient (Wildman–Crippen LogP) is 6.18. The van der Waals surface area contributed by atoms with E-state index in [0.29, 0.717) is 14.2 Å². The van der Waals surface area contributed by atoms with Gasteiger partial charge >= 0.3 is 0 Å². The van der Waals surface area contributed by atoms with Gasteiger partial charge in [0.1, 0.15) is 5.82 Å². The number of thiophene rings is 1. The second-order valence-corrected chi connectivity index (χ2v) is 6.41. The molecule has 6 heteroatoms. The molecule has 0 spiro atoms. The molecule has 0 aliphatic rings. The molecule has 0 aliphatic heterocycles. The molecule has 2 aromatic rings. The molecule has 0 saturated heterocycles. The minimum atomic E-state index is -0.704. The average Bonchev–Trinajstić information content (AvgIpc) is 2.61. The zero-order chi connectivity index (χ0) is 12.6. The van der Waals surface area contributed by atoms with Crippen LogP contribution in [0.15, 0.2) is 24.3 Å². The van der Waals surface area contributed by atoms with Gasteiger partial charge in [-0.2, -0.15) is 0 Å². The highest BCUT2D eigenvalue weighted by Crippen LogP contribution is 2.41. The first-order valence-corrected chi connectivity index (χ1v) is 6.92. The Morgan fingerprint density at radius 1 is 1.12 bits per heavy atom. The van der Waals surface area contributed by atoms with E-state index in [9.17, 15) is 4.39 Å². The van der Waals surface area contributed by atoms with Gasteiger partial charge in [0.2, 0.25) is 0 Å². The summed E-state index contributed by atoms with van der Waals surface area (Å²) in [5, 5.41) is -0.671. The van der Waals surface area contributed by atoms with Crippen molar-refractivity contribution in [3.63, 3.8) is 0 Å². The Morgan fingerprint density at radius 3 is 2.41 bits per heavy atom. The Hall–Kier alpha value is 0.01000. The fraction of sp³-hybridized carbons (Fsp3) is 0.0909. The maximum absolute atomic E-state index is 13.8. The molecule has 17 heavy (non-hydrogen) atoms. The molecule has 1 unspecified atom stereocenters. The molecule has 0 fully saturated rings. The van der Waals surface area contributed by atoms with Gasteiger partial charge in [-0.25, -0.2) is 4.39 Å². The van der Waals surface area contributed by atoms with Crippen LogP contribution in [0.25, 0.3) is 0 Å². The number of alkyl halides is 1. The first kappa shape index (κ1) is 13.4. The summed E-state index contributed by atoms with van der Waals surface area (Å²) >= 11 is 24.9. The van der Waals surface area contributed by atoms with Crippen LogP contribution >= 0.6 is 57.7 Å². The van der Waals surface area contributed by atoms with Gasteiger partial charge in [0.15, 0.2) is 0 Å². The van der Waals surface area contributed by atoms with Crippen molar-refractivity contribution in [2.75, 3.05) is 0 Å². The van der Waals surface area contributed by atoms with Crippen LogP contribution in [0.5, 0.6) is 0 Å². The van der Waals surface area contributed by atoms with Crippen LogP contribution in [0.3, 0.4) is 0 Å². The maximum atomic E-state index is 13.8. The SMILES string of the molecule is Fc1c(Cl)cccc1C(Cl)c1cc(Cl)sc1Cl. The highest BCUT2D eigenvalue weighted by Gasteiger charge is 2.21. The minimum Gasteiger partial charge on any atom is -0.205 e. The number of hydrogen-bond donors (Lipinski definition) is 0. The van der Waals surface area contributed by atoms with Crippen molar-refractivity contribution in [2.45, 2.75) is 5.38 Å². The van der Waals surface area contributed by atoms with Gasteiger partial charge in [-0.05, 0) is 12.1 Å². The summed E-state index contributed by atoms with van der Waals surface area (Å²) in [6.45, 7) is 0. The molecule has 1 heterocycles. The highest BCUT2D eigenvalue weighted by molar-refractivity contribution is 7.20. The number of hydrogen-bond acceptors (Lipinski definition) is 1. The van der Waals surface area contributed by atoms with E-state index < -0.39 is 11.2 Å². The fourth-order valence-electron chi connectivity index (χ4n) is 1.41. The molecule has 2 rings (SSSR count). The summed E-state index contributed by atoms with van der Waals surface area (Å²) in [6, 6.07) is 6.30. The van der Waals surface area contributed by atoms with Crippen LogP contribution in [-0.4, -0.2) is 0 Å². The normalized spacial score (nSPS) is 12.8. The van der Waals surface area contributed by atoms with E-state index in [2.05, 4.69) is 0 Å². The van der Waals surface area contributed by atoms with Gasteiger partial charge in [0, 0.05) is 11.1 Å². The van der Waals surface area contributed by atoms with E-state index >= 15 is 0 Å². The molecule has 90 valence electrons. The molecular formula is C11H5Cl4FS. The van der Waals surface area contributed by atoms with Crippen LogP contribution in [0.2, 0.25) is 13.7 Å². The molecule has 1 atom stereocenters. The van der Waals surface area contributed by atoms with E-state index in [4.69, 9.17) is 46.4 Å². The van der Waals surface area contributed by atoms with Gasteiger partial charge in [0.25, 0.3) is 0 Å². The van der Waals surface area contributed by atoms with Crippen molar-refractivity contribution in [3.05, 3.63) is 54.9 Å². The molecule has 0 nitrogen and oxygen atoms in total. The van der Waals surface area contributed by atoms with Crippen LogP contribution in [0.1, 0.15) is 16.5 Å². The number of rotatable bonds is 2. The summed E-state index contributed by atoms with van der Waals surface area (Å²) in [6.07, 6.45) is 0. The Morgan fingerprint density at radius 2 is 1.82 bits per heavy atom. The summed E-state index contributed by atoms with van der Waals surface area (Å²) in [5.74, 6) is -0.535. The predicted molar refractivity (Wildman–Crippen MR) is 73.4 cm³/mol. The second-order valence-electron chi connectivity index (χ2n) is 3.29. The molecular weight excluding hydrogens is 325 g/mol. The highest BCUT2D eigenvalue weighted by atomic mass is 35.5. The Bertz CT molecular complexity index is 552. The zero-order valence-electron chi connectivity index (χ0n) is 8.18. The number of benzene rings is 1. The van der Waals surface area contributed by atoms with Crippen LogP contribution in [0, 0.1) is 5.82 Å². The summed E-state index contributed by atoms with van der Waals surface area (Å²) in [4.78, 5) is 0. The standard InChI is InChI=1S/C11H5Cl4FS/c12-7-3-1-2-5(10(7)16)9(14)6-4-8(13)17-11(6)15/h1-4,9H. The Labute approximate surface area is 122 Å². The summed E-state index contributed by atoms with van der Waals surface area (Å²) in [5.41, 5.74) is 0.875. The van der Waals surface area contributed by atoms with Crippen molar-refractivity contribution in [3.8, 4) is 0 Å². The maximum Gasteiger partial charge on any atom is 0.146 e. The lowest BCUT2D eigenvalue weighted by atomic mass is 10.1. The van der Waals surface area contributed by atoms with Crippen LogP contribution in [0.4, 0.5) is 4.39 Å². The first-order chi connectivity index (χ1) is 8.00. The lowest BCUT2D eigenvalue weighted by Crippen LogP contribution is -1.96. The van der Waals surface area contributed by atoms with E-state index in [0.717, 1.165) is 0 Å². The molecule has 0 aliphatic carbocycles. The summed E-state index contributed by atoms with van der Waals surface area (Å²) < 4.78 is 14.8. The smallest absolute Gasteiger partial charge is 0.146 e. The van der Waals surface area contributed by atoms with Crippen molar-refractivity contribution in [2.24, 2.45) is 0 Å². The first-order valence-electron chi connectivity index (χ1n) is 4.53. The van der Waals surface area contributed by atoms with Crippen LogP contribution < -0.4 is 0 Å². The van der Waals surface area contributed by atoms with Gasteiger partial charge < -0.3 is 0 Å². The molecule has 0 radical (unpaired) electrons. The lowest BCUT2D eigenvalue weighted by Gasteiger charge is -2.10. The van der Waals surface area contributed by atoms with Crippen molar-refractivity contribution >= 4 is 57.7 Å². The topological polar surface area (TPSA) is 0 Å². The van der Waals surface area contributed by atoms with Crippen molar-refractivity contribution in [1.29, 1.82) is 0 Å². The van der Waals surface area contributed by atoms with E-state index in [1.165, 1.54) is 17.4 Å². The minimum absolute atomic E-state index is 0.0330. The number of halogens is 5. The van der Waals surface area contributed by atoms with Gasteiger partial charge in [-0.15, -0.1) is 22.9 Å². The van der Waals surface area contributed by atoms with E-state index in [1.54, 1.807) is 18.2 Å². The van der Waals surface area contributed by atoms with Gasteiger partial charge in [-0.1, -0.05) is 46.9 Å². The molecule has 0 bridgehead atoms. The molecule has 1 aromatic carbocycles. The zero-order valence-corrected chi connectivity index (χ0v) is 12.0. The Kier molecular flexibility index (Phi) is 4.22. The van der Waals surface area contributed by atoms with Gasteiger partial charge in [-0.3, -0.25) is 0 Å². The van der Waals surface area contributed by atoms with Crippen molar-refractivity contribution in [1.82, 2.24) is 0 Å². The molecule has 1 aromatic heterocycles. The third kappa shape index (κ3) is 2.72. The quantitative estimate of drug-likeness (QED) is 0.577. The van der Waals surface area contributed by atoms with E-state index in [-0.39, 0.29) is 10.6 Å². The lowest BCUT2D eigenvalue weighted by molar-refractivity contribution is 0.613. The monoisotopic (exact) mass is 328 g/mol. The molecule has 0 N–H and O–H groups in total. The van der Waals surface area contributed by atoms with Crippen LogP contribution in [-0.2, 0) is 0 Å². The summed E-state index contributed by atoms with van der Waals surface area (Å²) in [7, 11) is 0. The molecule has 0 amide bonds. The third-order valence-corrected chi connectivity index (χ3v) is 4.49. The second kappa shape index (κ2) is 5.33. The van der Waals surface area contributed by atoms with E-state index in [1.807, 2.05) is 0 Å². The molecule has 0 saturated carbocycles. The largest absolute Gasteiger partial charge is 0.205 e.